The fourth-order valence-electron chi connectivity index (χ4n) is 0.997. The summed E-state index contributed by atoms with van der Waals surface area (Å²) < 4.78 is 0. The van der Waals surface area contributed by atoms with Gasteiger partial charge in [0.05, 0.1) is 4.83 Å². The van der Waals surface area contributed by atoms with Crippen LogP contribution in [0.5, 0.6) is 0 Å². The lowest BCUT2D eigenvalue weighted by Gasteiger charge is -2.06. The van der Waals surface area contributed by atoms with Crippen LogP contribution in [0.25, 0.3) is 0 Å². The number of ketones is 1. The number of aryl methyl sites for hydroxylation is 1. The lowest BCUT2D eigenvalue weighted by molar-refractivity contribution is 0.0997. The third kappa shape index (κ3) is 2.81. The summed E-state index contributed by atoms with van der Waals surface area (Å²) in [5, 5.41) is 1.22. The topological polar surface area (TPSA) is 17.1 Å². The maximum absolute atomic E-state index is 11.7. The summed E-state index contributed by atoms with van der Waals surface area (Å²) >= 11 is 12.5. The van der Waals surface area contributed by atoms with Crippen LogP contribution in [0.2, 0.25) is 5.02 Å². The van der Waals surface area contributed by atoms with E-state index >= 15 is 0 Å². The summed E-state index contributed by atoms with van der Waals surface area (Å²) in [6, 6.07) is 5.35. The van der Waals surface area contributed by atoms with Crippen LogP contribution >= 0.6 is 43.5 Å². The van der Waals surface area contributed by atoms with Crippen molar-refractivity contribution in [2.75, 3.05) is 5.33 Å². The van der Waals surface area contributed by atoms with Gasteiger partial charge in [-0.25, -0.2) is 0 Å². The van der Waals surface area contributed by atoms with Crippen molar-refractivity contribution < 1.29 is 4.79 Å². The second-order valence-electron chi connectivity index (χ2n) is 2.95. The summed E-state index contributed by atoms with van der Waals surface area (Å²) in [6.07, 6.45) is 0. The van der Waals surface area contributed by atoms with Crippen molar-refractivity contribution in [2.45, 2.75) is 11.8 Å². The molecule has 0 heterocycles. The predicted octanol–water partition coefficient (Wildman–Crippen LogP) is 3.99. The Hall–Kier alpha value is 0.140. The molecule has 0 aliphatic rings. The van der Waals surface area contributed by atoms with Gasteiger partial charge in [-0.2, -0.15) is 0 Å². The molecule has 4 heteroatoms. The monoisotopic (exact) mass is 338 g/mol. The van der Waals surface area contributed by atoms with Crippen LogP contribution in [-0.2, 0) is 0 Å². The van der Waals surface area contributed by atoms with Gasteiger partial charge < -0.3 is 0 Å². The molecule has 0 spiro atoms. The Balaban J connectivity index is 2.97. The summed E-state index contributed by atoms with van der Waals surface area (Å²) in [7, 11) is 0. The van der Waals surface area contributed by atoms with Gasteiger partial charge in [-0.3, -0.25) is 4.79 Å². The van der Waals surface area contributed by atoms with E-state index in [2.05, 4.69) is 31.9 Å². The molecule has 1 atom stereocenters. The Morgan fingerprint density at radius 3 is 2.71 bits per heavy atom. The highest BCUT2D eigenvalue weighted by Gasteiger charge is 2.15. The Bertz CT molecular complexity index is 352. The Morgan fingerprint density at radius 1 is 1.57 bits per heavy atom. The molecule has 0 aliphatic heterocycles. The van der Waals surface area contributed by atoms with E-state index in [9.17, 15) is 4.79 Å². The minimum Gasteiger partial charge on any atom is -0.293 e. The first-order chi connectivity index (χ1) is 6.56. The number of hydrogen-bond acceptors (Lipinski definition) is 1. The lowest BCUT2D eigenvalue weighted by Crippen LogP contribution is -2.15. The zero-order valence-electron chi connectivity index (χ0n) is 7.56. The van der Waals surface area contributed by atoms with Crippen LogP contribution in [0.15, 0.2) is 18.2 Å². The molecule has 0 saturated heterocycles. The van der Waals surface area contributed by atoms with Gasteiger partial charge in [0, 0.05) is 15.9 Å². The van der Waals surface area contributed by atoms with Crippen LogP contribution in [0.3, 0.4) is 0 Å². The van der Waals surface area contributed by atoms with Crippen molar-refractivity contribution in [3.63, 3.8) is 0 Å². The average molecular weight is 340 g/mol. The van der Waals surface area contributed by atoms with Crippen molar-refractivity contribution in [3.05, 3.63) is 34.3 Å². The third-order valence-corrected chi connectivity index (χ3v) is 4.54. The van der Waals surface area contributed by atoms with E-state index in [1.54, 1.807) is 12.1 Å². The highest BCUT2D eigenvalue weighted by atomic mass is 79.9. The molecule has 1 unspecified atom stereocenters. The maximum atomic E-state index is 11.7. The number of carbonyl (C=O) groups is 1. The number of rotatable bonds is 3. The quantitative estimate of drug-likeness (QED) is 0.601. The largest absolute Gasteiger partial charge is 0.293 e. The number of benzene rings is 1. The van der Waals surface area contributed by atoms with E-state index in [1.807, 2.05) is 13.0 Å². The van der Waals surface area contributed by atoms with Gasteiger partial charge in [-0.05, 0) is 18.6 Å². The number of hydrogen-bond donors (Lipinski definition) is 0. The van der Waals surface area contributed by atoms with Crippen LogP contribution in [-0.4, -0.2) is 15.9 Å². The summed E-state index contributed by atoms with van der Waals surface area (Å²) in [6.45, 7) is 1.91. The molecule has 1 aromatic carbocycles. The summed E-state index contributed by atoms with van der Waals surface area (Å²) in [4.78, 5) is 11.5. The van der Waals surface area contributed by atoms with Crippen molar-refractivity contribution in [1.29, 1.82) is 0 Å². The number of Topliss-reactive ketones (excluding diaryl/α,β-unsaturated/α-hetero) is 1. The van der Waals surface area contributed by atoms with E-state index in [4.69, 9.17) is 11.6 Å². The summed E-state index contributed by atoms with van der Waals surface area (Å²) in [5.41, 5.74) is 1.62. The SMILES string of the molecule is Cc1ccc(C(=O)C(Br)CBr)cc1Cl. The molecule has 0 bridgehead atoms. The van der Waals surface area contributed by atoms with Gasteiger partial charge in [-0.1, -0.05) is 55.6 Å². The first-order valence-electron chi connectivity index (χ1n) is 4.06. The molecule has 0 N–H and O–H groups in total. The minimum absolute atomic E-state index is 0.0452. The molecule has 1 nitrogen and oxygen atoms in total. The van der Waals surface area contributed by atoms with E-state index in [1.165, 1.54) is 0 Å². The van der Waals surface area contributed by atoms with E-state index < -0.39 is 0 Å². The first kappa shape index (κ1) is 12.2. The predicted molar refractivity (Wildman–Crippen MR) is 67.0 cm³/mol. The van der Waals surface area contributed by atoms with Gasteiger partial charge in [0.2, 0.25) is 0 Å². The molecule has 0 radical (unpaired) electrons. The molecule has 0 aromatic heterocycles. The van der Waals surface area contributed by atoms with Crippen LogP contribution in [0.4, 0.5) is 0 Å². The molecular formula is C10H9Br2ClO. The number of carbonyl (C=O) groups excluding carboxylic acids is 1. The molecular weight excluding hydrogens is 331 g/mol. The molecule has 0 fully saturated rings. The molecule has 14 heavy (non-hydrogen) atoms. The van der Waals surface area contributed by atoms with Crippen LogP contribution in [0.1, 0.15) is 15.9 Å². The highest BCUT2D eigenvalue weighted by molar-refractivity contribution is 9.12. The Morgan fingerprint density at radius 2 is 2.21 bits per heavy atom. The first-order valence-corrected chi connectivity index (χ1v) is 6.48. The molecule has 0 amide bonds. The standard InChI is InChI=1S/C10H9Br2ClO/c1-6-2-3-7(4-9(6)13)10(14)8(12)5-11/h2-4,8H,5H2,1H3. The van der Waals surface area contributed by atoms with Gasteiger partial charge in [-0.15, -0.1) is 0 Å². The smallest absolute Gasteiger partial charge is 0.177 e. The molecule has 0 saturated carbocycles. The maximum Gasteiger partial charge on any atom is 0.177 e. The Kier molecular flexibility index (Phi) is 4.61. The highest BCUT2D eigenvalue weighted by Crippen LogP contribution is 2.19. The van der Waals surface area contributed by atoms with Gasteiger partial charge in [0.15, 0.2) is 5.78 Å². The second-order valence-corrected chi connectivity index (χ2v) is 5.11. The molecule has 76 valence electrons. The van der Waals surface area contributed by atoms with Crippen LogP contribution < -0.4 is 0 Å². The van der Waals surface area contributed by atoms with E-state index in [0.717, 1.165) is 5.56 Å². The van der Waals surface area contributed by atoms with Crippen molar-refractivity contribution in [1.82, 2.24) is 0 Å². The second kappa shape index (κ2) is 5.29. The van der Waals surface area contributed by atoms with Crippen molar-refractivity contribution in [2.24, 2.45) is 0 Å². The zero-order valence-corrected chi connectivity index (χ0v) is 11.5. The fourth-order valence-corrected chi connectivity index (χ4v) is 1.74. The number of halogens is 3. The minimum atomic E-state index is -0.193. The molecule has 1 rings (SSSR count). The van der Waals surface area contributed by atoms with Gasteiger partial charge in [0.25, 0.3) is 0 Å². The average Bonchev–Trinajstić information content (AvgIpc) is 2.20. The van der Waals surface area contributed by atoms with Gasteiger partial charge >= 0.3 is 0 Å². The van der Waals surface area contributed by atoms with Gasteiger partial charge in [0.1, 0.15) is 0 Å². The lowest BCUT2D eigenvalue weighted by atomic mass is 10.1. The van der Waals surface area contributed by atoms with Crippen molar-refractivity contribution >= 4 is 49.2 Å². The van der Waals surface area contributed by atoms with E-state index in [-0.39, 0.29) is 10.6 Å². The molecule has 1 aromatic rings. The fraction of sp³-hybridized carbons (Fsp3) is 0.300. The molecule has 0 aliphatic carbocycles. The van der Waals surface area contributed by atoms with E-state index in [0.29, 0.717) is 15.9 Å². The number of alkyl halides is 2. The normalized spacial score (nSPS) is 12.6. The zero-order chi connectivity index (χ0) is 10.7. The van der Waals surface area contributed by atoms with Crippen LogP contribution in [0, 0.1) is 6.92 Å². The summed E-state index contributed by atoms with van der Waals surface area (Å²) in [5.74, 6) is 0.0452. The Labute approximate surface area is 105 Å². The van der Waals surface area contributed by atoms with Crippen molar-refractivity contribution in [3.8, 4) is 0 Å². The third-order valence-electron chi connectivity index (χ3n) is 1.88.